The molecule has 134 valence electrons. The van der Waals surface area contributed by atoms with Gasteiger partial charge in [0.25, 0.3) is 0 Å². The van der Waals surface area contributed by atoms with E-state index >= 15 is 0 Å². The van der Waals surface area contributed by atoms with Crippen LogP contribution in [0.3, 0.4) is 0 Å². The van der Waals surface area contributed by atoms with E-state index in [1.807, 2.05) is 12.1 Å². The van der Waals surface area contributed by atoms with Gasteiger partial charge in [-0.05, 0) is 74.9 Å². The molecule has 1 saturated carbocycles. The van der Waals surface area contributed by atoms with Gasteiger partial charge in [0.05, 0.1) is 7.11 Å². The molecule has 3 aliphatic rings. The van der Waals surface area contributed by atoms with Crippen molar-refractivity contribution in [1.82, 2.24) is 4.90 Å². The molecular formula is C22H29NO2. The molecule has 0 amide bonds. The molecule has 3 atom stereocenters. The van der Waals surface area contributed by atoms with Gasteiger partial charge in [-0.2, -0.15) is 0 Å². The zero-order valence-corrected chi connectivity index (χ0v) is 15.6. The standard InChI is InChI=1S/C22H29NO2/c1-15-4-8-19(25-3)12-21(15)22-10-11-23(14-17-5-6-17)16(2)20(22)9-7-18(24)13-22/h4,7-9,12,16-17,20H,5-6,10-11,13-14H2,1-3H3/t16-,20?,22+/m1/s1. The lowest BCUT2D eigenvalue weighted by Gasteiger charge is -2.53. The molecule has 0 bridgehead atoms. The zero-order chi connectivity index (χ0) is 17.6. The van der Waals surface area contributed by atoms with Crippen LogP contribution in [0.2, 0.25) is 0 Å². The normalized spacial score (nSPS) is 32.5. The van der Waals surface area contributed by atoms with Crippen LogP contribution in [0.1, 0.15) is 43.7 Å². The molecule has 0 spiro atoms. The molecule has 2 fully saturated rings. The first-order chi connectivity index (χ1) is 12.0. The summed E-state index contributed by atoms with van der Waals surface area (Å²) in [6.45, 7) is 6.85. The van der Waals surface area contributed by atoms with Crippen molar-refractivity contribution in [1.29, 1.82) is 0 Å². The number of methoxy groups -OCH3 is 1. The summed E-state index contributed by atoms with van der Waals surface area (Å²) in [4.78, 5) is 15.1. The van der Waals surface area contributed by atoms with Crippen LogP contribution >= 0.6 is 0 Å². The predicted octanol–water partition coefficient (Wildman–Crippen LogP) is 3.89. The van der Waals surface area contributed by atoms with Crippen LogP contribution < -0.4 is 4.74 Å². The highest BCUT2D eigenvalue weighted by molar-refractivity contribution is 5.92. The molecular weight excluding hydrogens is 310 g/mol. The lowest BCUT2D eigenvalue weighted by atomic mass is 9.58. The number of likely N-dealkylation sites (tertiary alicyclic amines) is 1. The smallest absolute Gasteiger partial charge is 0.156 e. The van der Waals surface area contributed by atoms with E-state index in [0.717, 1.165) is 24.6 Å². The minimum absolute atomic E-state index is 0.0794. The molecule has 1 aromatic carbocycles. The number of aryl methyl sites for hydroxylation is 1. The summed E-state index contributed by atoms with van der Waals surface area (Å²) < 4.78 is 5.50. The number of ether oxygens (including phenoxy) is 1. The predicted molar refractivity (Wildman–Crippen MR) is 100 cm³/mol. The van der Waals surface area contributed by atoms with Gasteiger partial charge in [-0.25, -0.2) is 0 Å². The van der Waals surface area contributed by atoms with Gasteiger partial charge >= 0.3 is 0 Å². The highest BCUT2D eigenvalue weighted by Gasteiger charge is 2.50. The number of fused-ring (bicyclic) bond motifs is 1. The van der Waals surface area contributed by atoms with Crippen molar-refractivity contribution < 1.29 is 9.53 Å². The van der Waals surface area contributed by atoms with Crippen molar-refractivity contribution in [2.45, 2.75) is 51.0 Å². The van der Waals surface area contributed by atoms with Gasteiger partial charge in [-0.15, -0.1) is 0 Å². The first-order valence-corrected chi connectivity index (χ1v) is 9.64. The monoisotopic (exact) mass is 339 g/mol. The van der Waals surface area contributed by atoms with E-state index in [9.17, 15) is 4.79 Å². The Hall–Kier alpha value is -1.61. The Morgan fingerprint density at radius 3 is 2.84 bits per heavy atom. The molecule has 1 saturated heterocycles. The van der Waals surface area contributed by atoms with E-state index in [4.69, 9.17) is 4.74 Å². The van der Waals surface area contributed by atoms with E-state index in [-0.39, 0.29) is 11.2 Å². The summed E-state index contributed by atoms with van der Waals surface area (Å²) in [6.07, 6.45) is 8.50. The fraction of sp³-hybridized carbons (Fsp3) is 0.591. The second-order valence-electron chi connectivity index (χ2n) is 8.29. The van der Waals surface area contributed by atoms with Crippen molar-refractivity contribution in [3.8, 4) is 5.75 Å². The highest BCUT2D eigenvalue weighted by atomic mass is 16.5. The molecule has 0 N–H and O–H groups in total. The summed E-state index contributed by atoms with van der Waals surface area (Å²) >= 11 is 0. The van der Waals surface area contributed by atoms with Crippen LogP contribution in [0.5, 0.6) is 5.75 Å². The molecule has 1 heterocycles. The summed E-state index contributed by atoms with van der Waals surface area (Å²) in [5.41, 5.74) is 2.51. The molecule has 1 unspecified atom stereocenters. The van der Waals surface area contributed by atoms with Crippen molar-refractivity contribution in [2.75, 3.05) is 20.2 Å². The Bertz CT molecular complexity index is 706. The average molecular weight is 339 g/mol. The minimum Gasteiger partial charge on any atom is -0.497 e. The third-order valence-corrected chi connectivity index (χ3v) is 6.73. The molecule has 3 heteroatoms. The molecule has 0 radical (unpaired) electrons. The topological polar surface area (TPSA) is 29.5 Å². The maximum Gasteiger partial charge on any atom is 0.156 e. The fourth-order valence-corrected chi connectivity index (χ4v) is 5.10. The summed E-state index contributed by atoms with van der Waals surface area (Å²) in [5, 5.41) is 0. The van der Waals surface area contributed by atoms with E-state index in [1.54, 1.807) is 7.11 Å². The molecule has 1 aliphatic heterocycles. The Labute approximate surface area is 151 Å². The Balaban J connectivity index is 1.74. The number of piperidine rings is 1. The second-order valence-corrected chi connectivity index (χ2v) is 8.29. The molecule has 1 aromatic rings. The maximum atomic E-state index is 12.4. The number of benzene rings is 1. The van der Waals surface area contributed by atoms with Crippen molar-refractivity contribution >= 4 is 5.78 Å². The number of rotatable bonds is 4. The number of carbonyl (C=O) groups is 1. The third-order valence-electron chi connectivity index (χ3n) is 6.73. The molecule has 0 aromatic heterocycles. The summed E-state index contributed by atoms with van der Waals surface area (Å²) in [7, 11) is 1.72. The number of carbonyl (C=O) groups excluding carboxylic acids is 1. The van der Waals surface area contributed by atoms with Crippen LogP contribution in [-0.2, 0) is 10.2 Å². The molecule has 2 aliphatic carbocycles. The van der Waals surface area contributed by atoms with Crippen LogP contribution in [0.4, 0.5) is 0 Å². The summed E-state index contributed by atoms with van der Waals surface area (Å²) in [5.74, 6) is 2.45. The van der Waals surface area contributed by atoms with Crippen LogP contribution in [-0.4, -0.2) is 36.9 Å². The lowest BCUT2D eigenvalue weighted by molar-refractivity contribution is -0.118. The average Bonchev–Trinajstić information content (AvgIpc) is 3.42. The van der Waals surface area contributed by atoms with E-state index in [1.165, 1.54) is 30.5 Å². The highest BCUT2D eigenvalue weighted by Crippen LogP contribution is 2.50. The second kappa shape index (κ2) is 6.28. The number of allylic oxidation sites excluding steroid dienone is 1. The number of nitrogens with zero attached hydrogens (tertiary/aromatic N) is 1. The Morgan fingerprint density at radius 2 is 2.12 bits per heavy atom. The number of hydrogen-bond acceptors (Lipinski definition) is 3. The van der Waals surface area contributed by atoms with Crippen LogP contribution in [0, 0.1) is 18.8 Å². The van der Waals surface area contributed by atoms with E-state index < -0.39 is 0 Å². The zero-order valence-electron chi connectivity index (χ0n) is 15.6. The van der Waals surface area contributed by atoms with Crippen molar-refractivity contribution in [3.63, 3.8) is 0 Å². The first kappa shape index (κ1) is 16.8. The van der Waals surface area contributed by atoms with Gasteiger partial charge in [0.2, 0.25) is 0 Å². The van der Waals surface area contributed by atoms with Crippen LogP contribution in [0.25, 0.3) is 0 Å². The van der Waals surface area contributed by atoms with E-state index in [2.05, 4.69) is 37.0 Å². The van der Waals surface area contributed by atoms with Crippen molar-refractivity contribution in [3.05, 3.63) is 41.5 Å². The van der Waals surface area contributed by atoms with Gasteiger partial charge in [-0.3, -0.25) is 9.69 Å². The van der Waals surface area contributed by atoms with E-state index in [0.29, 0.717) is 18.4 Å². The lowest BCUT2D eigenvalue weighted by Crippen LogP contribution is -2.56. The van der Waals surface area contributed by atoms with Gasteiger partial charge in [0.15, 0.2) is 5.78 Å². The number of ketones is 1. The first-order valence-electron chi connectivity index (χ1n) is 9.64. The largest absolute Gasteiger partial charge is 0.497 e. The van der Waals surface area contributed by atoms with Gasteiger partial charge in [0, 0.05) is 30.3 Å². The maximum absolute atomic E-state index is 12.4. The SMILES string of the molecule is COc1ccc(C)c([C@]23CCN(CC4CC4)[C@H](C)C2C=CC(=O)C3)c1. The molecule has 25 heavy (non-hydrogen) atoms. The van der Waals surface area contributed by atoms with Gasteiger partial charge in [-0.1, -0.05) is 12.1 Å². The Kier molecular flexibility index (Phi) is 4.23. The van der Waals surface area contributed by atoms with Gasteiger partial charge < -0.3 is 4.74 Å². The number of hydrogen-bond donors (Lipinski definition) is 0. The Morgan fingerprint density at radius 1 is 1.32 bits per heavy atom. The quantitative estimate of drug-likeness (QED) is 0.833. The fourth-order valence-electron chi connectivity index (χ4n) is 5.10. The van der Waals surface area contributed by atoms with Gasteiger partial charge in [0.1, 0.15) is 5.75 Å². The van der Waals surface area contributed by atoms with Crippen LogP contribution in [0.15, 0.2) is 30.4 Å². The third kappa shape index (κ3) is 2.93. The summed E-state index contributed by atoms with van der Waals surface area (Å²) in [6, 6.07) is 6.82. The minimum atomic E-state index is -0.0794. The molecule has 4 rings (SSSR count). The van der Waals surface area contributed by atoms with Crippen molar-refractivity contribution in [2.24, 2.45) is 11.8 Å². The molecule has 3 nitrogen and oxygen atoms in total.